The molecule has 0 bridgehead atoms. The van der Waals surface area contributed by atoms with E-state index in [4.69, 9.17) is 5.73 Å². The highest BCUT2D eigenvalue weighted by atomic mass is 16.1. The van der Waals surface area contributed by atoms with E-state index in [1.54, 1.807) is 19.2 Å². The van der Waals surface area contributed by atoms with Gasteiger partial charge in [-0.05, 0) is 13.5 Å². The van der Waals surface area contributed by atoms with Gasteiger partial charge in [0.2, 0.25) is 0 Å². The molecular formula is C11H13N7O. The topological polar surface area (TPSA) is 107 Å². The lowest BCUT2D eigenvalue weighted by Crippen LogP contribution is -2.15. The highest BCUT2D eigenvalue weighted by Gasteiger charge is 2.10. The van der Waals surface area contributed by atoms with Gasteiger partial charge < -0.3 is 5.73 Å². The van der Waals surface area contributed by atoms with Gasteiger partial charge >= 0.3 is 5.69 Å². The lowest BCUT2D eigenvalue weighted by atomic mass is 10.4. The van der Waals surface area contributed by atoms with Crippen molar-refractivity contribution in [3.63, 3.8) is 0 Å². The van der Waals surface area contributed by atoms with Crippen molar-refractivity contribution < 1.29 is 0 Å². The Morgan fingerprint density at radius 3 is 3.11 bits per heavy atom. The Bertz CT molecular complexity index is 782. The van der Waals surface area contributed by atoms with Crippen LogP contribution in [0, 0.1) is 6.92 Å². The third-order valence-electron chi connectivity index (χ3n) is 2.89. The molecule has 8 heteroatoms. The normalized spacial score (nSPS) is 11.3. The Morgan fingerprint density at radius 2 is 2.32 bits per heavy atom. The molecular weight excluding hydrogens is 246 g/mol. The molecule has 3 rings (SSSR count). The van der Waals surface area contributed by atoms with E-state index in [9.17, 15) is 4.79 Å². The van der Waals surface area contributed by atoms with E-state index >= 15 is 0 Å². The lowest BCUT2D eigenvalue weighted by Gasteiger charge is -2.07. The summed E-state index contributed by atoms with van der Waals surface area (Å²) in [6, 6.07) is 1.73. The number of aromatic nitrogens is 6. The highest BCUT2D eigenvalue weighted by molar-refractivity contribution is 5.44. The number of rotatable bonds is 3. The number of nitrogens with one attached hydrogen (secondary N) is 1. The molecule has 0 fully saturated rings. The van der Waals surface area contributed by atoms with Gasteiger partial charge in [-0.15, -0.1) is 0 Å². The van der Waals surface area contributed by atoms with Gasteiger partial charge in [-0.3, -0.25) is 4.57 Å². The standard InChI is InChI=1S/C11H13N7O/c1-7-14-9(6-10-15-16-11(19)18(7)10)17-5-4-13-8(17)2-3-12/h4-6H,2-3,12H2,1H3,(H,16,19). The quantitative estimate of drug-likeness (QED) is 0.654. The van der Waals surface area contributed by atoms with Crippen molar-refractivity contribution in [2.75, 3.05) is 6.54 Å². The van der Waals surface area contributed by atoms with E-state index in [1.807, 2.05) is 10.8 Å². The molecule has 0 aliphatic carbocycles. The van der Waals surface area contributed by atoms with Crippen molar-refractivity contribution in [1.29, 1.82) is 0 Å². The maximum atomic E-state index is 11.5. The summed E-state index contributed by atoms with van der Waals surface area (Å²) >= 11 is 0. The summed E-state index contributed by atoms with van der Waals surface area (Å²) < 4.78 is 3.27. The third-order valence-corrected chi connectivity index (χ3v) is 2.89. The molecule has 8 nitrogen and oxygen atoms in total. The molecule has 3 heterocycles. The molecule has 3 aromatic rings. The van der Waals surface area contributed by atoms with Gasteiger partial charge in [0.15, 0.2) is 5.65 Å². The SMILES string of the molecule is Cc1nc(-n2ccnc2CCN)cc2n[nH]c(=O)n12. The van der Waals surface area contributed by atoms with Crippen LogP contribution in [0.2, 0.25) is 0 Å². The molecule has 3 N–H and O–H groups in total. The summed E-state index contributed by atoms with van der Waals surface area (Å²) in [4.78, 5) is 20.2. The van der Waals surface area contributed by atoms with Crippen LogP contribution in [0.1, 0.15) is 11.6 Å². The van der Waals surface area contributed by atoms with Crippen molar-refractivity contribution in [3.05, 3.63) is 40.6 Å². The molecule has 0 radical (unpaired) electrons. The lowest BCUT2D eigenvalue weighted by molar-refractivity contribution is 0.809. The van der Waals surface area contributed by atoms with Gasteiger partial charge in [-0.1, -0.05) is 0 Å². The van der Waals surface area contributed by atoms with Crippen LogP contribution in [-0.4, -0.2) is 35.7 Å². The average Bonchev–Trinajstić information content (AvgIpc) is 2.97. The average molecular weight is 259 g/mol. The summed E-state index contributed by atoms with van der Waals surface area (Å²) in [5.74, 6) is 2.07. The van der Waals surface area contributed by atoms with Gasteiger partial charge in [0.05, 0.1) is 0 Å². The maximum absolute atomic E-state index is 11.5. The molecule has 0 spiro atoms. The number of fused-ring (bicyclic) bond motifs is 1. The van der Waals surface area contributed by atoms with Gasteiger partial charge in [-0.2, -0.15) is 5.10 Å². The third kappa shape index (κ3) is 1.82. The molecule has 19 heavy (non-hydrogen) atoms. The minimum absolute atomic E-state index is 0.292. The maximum Gasteiger partial charge on any atom is 0.349 e. The fourth-order valence-electron chi connectivity index (χ4n) is 2.06. The van der Waals surface area contributed by atoms with E-state index < -0.39 is 0 Å². The Balaban J connectivity index is 2.20. The second-order valence-corrected chi connectivity index (χ2v) is 4.14. The van der Waals surface area contributed by atoms with Crippen molar-refractivity contribution in [3.8, 4) is 5.82 Å². The van der Waals surface area contributed by atoms with Crippen molar-refractivity contribution in [1.82, 2.24) is 29.1 Å². The molecule has 0 aromatic carbocycles. The number of nitrogens with zero attached hydrogens (tertiary/aromatic N) is 5. The second kappa shape index (κ2) is 4.32. The molecule has 98 valence electrons. The van der Waals surface area contributed by atoms with E-state index in [-0.39, 0.29) is 5.69 Å². The predicted octanol–water partition coefficient (Wildman–Crippen LogP) is -0.587. The Morgan fingerprint density at radius 1 is 1.47 bits per heavy atom. The number of hydrogen-bond donors (Lipinski definition) is 2. The molecule has 0 aliphatic rings. The zero-order valence-electron chi connectivity index (χ0n) is 10.4. The molecule has 0 saturated carbocycles. The summed E-state index contributed by atoms with van der Waals surface area (Å²) in [5, 5.41) is 6.35. The first-order valence-corrected chi connectivity index (χ1v) is 5.88. The zero-order chi connectivity index (χ0) is 13.4. The summed E-state index contributed by atoms with van der Waals surface area (Å²) in [7, 11) is 0. The van der Waals surface area contributed by atoms with Crippen LogP contribution in [0.3, 0.4) is 0 Å². The van der Waals surface area contributed by atoms with E-state index in [2.05, 4.69) is 20.2 Å². The monoisotopic (exact) mass is 259 g/mol. The number of imidazole rings is 1. The van der Waals surface area contributed by atoms with Gasteiger partial charge in [0, 0.05) is 24.9 Å². The first-order valence-electron chi connectivity index (χ1n) is 5.88. The summed E-state index contributed by atoms with van der Waals surface area (Å²) in [5.41, 5.74) is 5.79. The Labute approximate surface area is 107 Å². The van der Waals surface area contributed by atoms with Gasteiger partial charge in [-0.25, -0.2) is 24.3 Å². The van der Waals surface area contributed by atoms with Crippen LogP contribution in [0.25, 0.3) is 11.5 Å². The Kier molecular flexibility index (Phi) is 2.64. The molecule has 0 aliphatic heterocycles. The number of nitrogens with two attached hydrogens (primary N) is 1. The largest absolute Gasteiger partial charge is 0.349 e. The number of aryl methyl sites for hydroxylation is 1. The smallest absolute Gasteiger partial charge is 0.330 e. The molecule has 0 unspecified atom stereocenters. The molecule has 0 atom stereocenters. The van der Waals surface area contributed by atoms with Crippen LogP contribution in [0.15, 0.2) is 23.3 Å². The number of H-pyrrole nitrogens is 1. The van der Waals surface area contributed by atoms with Crippen molar-refractivity contribution in [2.45, 2.75) is 13.3 Å². The summed E-state index contributed by atoms with van der Waals surface area (Å²) in [6.45, 7) is 2.27. The predicted molar refractivity (Wildman–Crippen MR) is 68.2 cm³/mol. The van der Waals surface area contributed by atoms with Crippen LogP contribution in [0.4, 0.5) is 0 Å². The van der Waals surface area contributed by atoms with E-state index in [0.717, 1.165) is 5.82 Å². The number of hydrogen-bond acceptors (Lipinski definition) is 5. The minimum atomic E-state index is -0.292. The molecule has 3 aromatic heterocycles. The zero-order valence-corrected chi connectivity index (χ0v) is 10.4. The fraction of sp³-hybridized carbons (Fsp3) is 0.273. The first kappa shape index (κ1) is 11.6. The van der Waals surface area contributed by atoms with Crippen LogP contribution in [-0.2, 0) is 6.42 Å². The van der Waals surface area contributed by atoms with Crippen molar-refractivity contribution in [2.24, 2.45) is 5.73 Å². The van der Waals surface area contributed by atoms with E-state index in [0.29, 0.717) is 30.3 Å². The fourth-order valence-corrected chi connectivity index (χ4v) is 2.06. The van der Waals surface area contributed by atoms with Crippen LogP contribution < -0.4 is 11.4 Å². The molecule has 0 saturated heterocycles. The summed E-state index contributed by atoms with van der Waals surface area (Å²) in [6.07, 6.45) is 4.17. The van der Waals surface area contributed by atoms with Crippen LogP contribution >= 0.6 is 0 Å². The van der Waals surface area contributed by atoms with Gasteiger partial charge in [0.25, 0.3) is 0 Å². The second-order valence-electron chi connectivity index (χ2n) is 4.14. The van der Waals surface area contributed by atoms with Gasteiger partial charge in [0.1, 0.15) is 17.5 Å². The van der Waals surface area contributed by atoms with Crippen LogP contribution in [0.5, 0.6) is 0 Å². The van der Waals surface area contributed by atoms with Crippen molar-refractivity contribution >= 4 is 5.65 Å². The molecule has 0 amide bonds. The minimum Gasteiger partial charge on any atom is -0.330 e. The number of aromatic amines is 1. The Hall–Kier alpha value is -2.48. The first-order chi connectivity index (χ1) is 9.20. The highest BCUT2D eigenvalue weighted by Crippen LogP contribution is 2.11. The van der Waals surface area contributed by atoms with E-state index in [1.165, 1.54) is 4.40 Å².